The van der Waals surface area contributed by atoms with E-state index in [1.807, 2.05) is 0 Å². The van der Waals surface area contributed by atoms with Gasteiger partial charge in [0.2, 0.25) is 5.91 Å². The number of rotatable bonds is 14. The second-order valence-electron chi connectivity index (χ2n) is 20.1. The minimum atomic E-state index is -5.01. The molecule has 5 nitrogen and oxygen atoms in total. The first-order valence-corrected chi connectivity index (χ1v) is 23.9. The minimum Gasteiger partial charge on any atom is -0.393 e. The number of allylic oxidation sites excluding steroid dienone is 5. The zero-order chi connectivity index (χ0) is 43.0. The van der Waals surface area contributed by atoms with Gasteiger partial charge in [0.15, 0.2) is 0 Å². The molecule has 1 amide bonds. The van der Waals surface area contributed by atoms with Crippen LogP contribution in [0.4, 0.5) is 13.2 Å². The quantitative estimate of drug-likeness (QED) is 0.0923. The van der Waals surface area contributed by atoms with Crippen LogP contribution in [-0.4, -0.2) is 51.3 Å². The number of fused-ring (bicyclic) bond motifs is 5. The summed E-state index contributed by atoms with van der Waals surface area (Å²) in [6.45, 7) is 24.1. The fourth-order valence-corrected chi connectivity index (χ4v) is 16.5. The van der Waals surface area contributed by atoms with Gasteiger partial charge in [-0.25, -0.2) is 0 Å². The molecule has 1 aliphatic heterocycles. The molecule has 6 aliphatic rings. The van der Waals surface area contributed by atoms with Crippen LogP contribution in [0, 0.1) is 57.2 Å². The number of hydrogen-bond acceptors (Lipinski definition) is 5. The number of ketones is 1. The summed E-state index contributed by atoms with van der Waals surface area (Å²) in [5, 5.41) is 21.9. The number of carbonyl (C=O) groups is 2. The molecule has 0 bridgehead atoms. The first-order valence-electron chi connectivity index (χ1n) is 23.0. The van der Waals surface area contributed by atoms with E-state index in [1.165, 1.54) is 37.7 Å². The summed E-state index contributed by atoms with van der Waals surface area (Å²) >= 11 is 2.32. The van der Waals surface area contributed by atoms with Gasteiger partial charge in [-0.15, -0.1) is 31.5 Å². The first-order chi connectivity index (χ1) is 27.9. The molecule has 3 saturated carbocycles. The number of aliphatic hydroxyl groups excluding tert-OH is 1. The van der Waals surface area contributed by atoms with E-state index in [-0.39, 0.29) is 52.3 Å². The molecule has 12 atom stereocenters. The normalized spacial score (nSPS) is 39.6. The highest BCUT2D eigenvalue weighted by Gasteiger charge is 2.66. The van der Waals surface area contributed by atoms with Crippen molar-refractivity contribution in [2.24, 2.45) is 51.8 Å². The molecule has 3 N–H and O–H groups in total. The molecular formula is C50H73F3N2O3S. The predicted molar refractivity (Wildman–Crippen MR) is 236 cm³/mol. The highest BCUT2D eigenvalue weighted by Crippen LogP contribution is 2.73. The lowest BCUT2D eigenvalue weighted by Crippen LogP contribution is -2.57. The number of carbonyl (C=O) groups excluding carboxylic acids is 2. The molecule has 4 fully saturated rings. The van der Waals surface area contributed by atoms with Gasteiger partial charge in [-0.05, 0) is 143 Å². The van der Waals surface area contributed by atoms with Crippen molar-refractivity contribution >= 4 is 29.2 Å². The molecular weight excluding hydrogens is 766 g/mol. The Labute approximate surface area is 357 Å². The summed E-state index contributed by atoms with van der Waals surface area (Å²) in [7, 11) is 0. The molecule has 328 valence electrons. The van der Waals surface area contributed by atoms with Crippen molar-refractivity contribution in [1.82, 2.24) is 5.32 Å². The van der Waals surface area contributed by atoms with Crippen LogP contribution in [0.3, 0.4) is 0 Å². The zero-order valence-corrected chi connectivity index (χ0v) is 37.3. The topological polar surface area (TPSA) is 90.3 Å². The fourth-order valence-electron chi connectivity index (χ4n) is 13.9. The standard InChI is InChI=1S/C50H73F3N2O3S/c1-8-24-47-30-35(23-27-55-44(57)18-13-11-12-17-42(54)45(58)50(51,52)53)16-14-15-32(4)28-43(47)59-49(34(47)6)26-22-39-38(9-2)41-20-19-36-29-37(56)21-25-46(36,7)48(41,10-3)31-40(39)33(49)5/h8-10,19,32,34-35,37-39,41,43,54,56H,1-3,11-18,20-31H2,4-7H3,(H,55,57)/t32?,34-,35?,37?,38?,39+,41?,43?,46?,47?,48+,49?/m1/s1. The molecule has 0 aromatic carbocycles. The van der Waals surface area contributed by atoms with Crippen LogP contribution >= 0.6 is 11.8 Å². The molecule has 0 aromatic rings. The molecule has 5 aliphatic carbocycles. The van der Waals surface area contributed by atoms with Crippen LogP contribution in [-0.2, 0) is 9.59 Å². The van der Waals surface area contributed by atoms with E-state index in [4.69, 9.17) is 5.41 Å². The molecule has 9 unspecified atom stereocenters. The maximum atomic E-state index is 12.9. The predicted octanol–water partition coefficient (Wildman–Crippen LogP) is 12.5. The van der Waals surface area contributed by atoms with Crippen molar-refractivity contribution in [3.05, 3.63) is 60.8 Å². The summed E-state index contributed by atoms with van der Waals surface area (Å²) in [5.74, 6) is 0.811. The second-order valence-corrected chi connectivity index (χ2v) is 21.7. The van der Waals surface area contributed by atoms with Crippen molar-refractivity contribution in [3.8, 4) is 0 Å². The van der Waals surface area contributed by atoms with Crippen LogP contribution in [0.15, 0.2) is 60.8 Å². The number of amides is 1. The van der Waals surface area contributed by atoms with E-state index in [0.29, 0.717) is 60.1 Å². The third kappa shape index (κ3) is 8.44. The summed E-state index contributed by atoms with van der Waals surface area (Å²) in [6.07, 6.45) is 20.3. The Bertz CT molecular complexity index is 1700. The molecule has 1 heterocycles. The highest BCUT2D eigenvalue weighted by atomic mass is 32.2. The maximum Gasteiger partial charge on any atom is 0.456 e. The van der Waals surface area contributed by atoms with Crippen molar-refractivity contribution in [1.29, 1.82) is 5.41 Å². The zero-order valence-electron chi connectivity index (χ0n) is 36.5. The molecule has 59 heavy (non-hydrogen) atoms. The van der Waals surface area contributed by atoms with E-state index < -0.39 is 17.7 Å². The lowest BCUT2D eigenvalue weighted by atomic mass is 9.40. The largest absolute Gasteiger partial charge is 0.456 e. The van der Waals surface area contributed by atoms with Crippen molar-refractivity contribution in [2.75, 3.05) is 6.54 Å². The minimum absolute atomic E-state index is 0.0219. The van der Waals surface area contributed by atoms with E-state index in [0.717, 1.165) is 57.8 Å². The van der Waals surface area contributed by atoms with Crippen LogP contribution in [0.25, 0.3) is 0 Å². The Morgan fingerprint density at radius 2 is 1.81 bits per heavy atom. The van der Waals surface area contributed by atoms with Gasteiger partial charge in [0.05, 0.1) is 11.8 Å². The number of halogens is 3. The average molecular weight is 839 g/mol. The monoisotopic (exact) mass is 839 g/mol. The number of unbranched alkanes of at least 4 members (excludes halogenated alkanes) is 2. The molecule has 0 aromatic heterocycles. The van der Waals surface area contributed by atoms with Gasteiger partial charge in [-0.3, -0.25) is 9.59 Å². The van der Waals surface area contributed by atoms with Gasteiger partial charge in [-0.1, -0.05) is 87.5 Å². The Kier molecular flexibility index (Phi) is 14.2. The number of hydrogen-bond donors (Lipinski definition) is 3. The third-order valence-electron chi connectivity index (χ3n) is 17.3. The van der Waals surface area contributed by atoms with Gasteiger partial charge in [0.1, 0.15) is 0 Å². The Hall–Kier alpha value is -2.39. The SMILES string of the molecule is C=CCC12CC(CCNC(=O)CCCCCC(=N)C(=O)C(F)(F)F)CCCC(C)CC1SC1(CC[C@@H]3C(=C1C)C[C@@]1(C=C)C(CC=C4CC(O)CCC41C)C3C=C)[C@@H]2C. The number of aliphatic hydroxyl groups is 1. The molecule has 1 spiro atoms. The van der Waals surface area contributed by atoms with Crippen molar-refractivity contribution in [3.63, 3.8) is 0 Å². The Balaban J connectivity index is 1.20. The second kappa shape index (κ2) is 18.1. The smallest absolute Gasteiger partial charge is 0.393 e. The number of alkyl halides is 3. The molecule has 9 heteroatoms. The van der Waals surface area contributed by atoms with Crippen LogP contribution < -0.4 is 5.32 Å². The number of thioether (sulfide) groups is 1. The van der Waals surface area contributed by atoms with E-state index in [2.05, 4.69) is 88.8 Å². The van der Waals surface area contributed by atoms with Crippen LogP contribution in [0.5, 0.6) is 0 Å². The number of nitrogens with one attached hydrogen (secondary N) is 2. The Morgan fingerprint density at radius 3 is 2.51 bits per heavy atom. The third-order valence-corrected chi connectivity index (χ3v) is 19.5. The summed E-state index contributed by atoms with van der Waals surface area (Å²) in [4.78, 5) is 24.1. The molecule has 0 radical (unpaired) electrons. The first kappa shape index (κ1) is 46.1. The number of Topliss-reactive ketones (excluding diaryl/α,β-unsaturated/α-hetero) is 1. The molecule has 1 saturated heterocycles. The van der Waals surface area contributed by atoms with Gasteiger partial charge in [0, 0.05) is 28.4 Å². The van der Waals surface area contributed by atoms with E-state index in [9.17, 15) is 27.9 Å². The van der Waals surface area contributed by atoms with E-state index >= 15 is 0 Å². The highest BCUT2D eigenvalue weighted by molar-refractivity contribution is 8.01. The summed E-state index contributed by atoms with van der Waals surface area (Å²) < 4.78 is 37.9. The average Bonchev–Trinajstić information content (AvgIpc) is 3.43. The lowest BCUT2D eigenvalue weighted by Gasteiger charge is -2.64. The van der Waals surface area contributed by atoms with E-state index in [1.54, 1.807) is 11.1 Å². The van der Waals surface area contributed by atoms with Gasteiger partial charge in [-0.2, -0.15) is 13.2 Å². The van der Waals surface area contributed by atoms with Crippen molar-refractivity contribution < 1.29 is 27.9 Å². The Morgan fingerprint density at radius 1 is 1.07 bits per heavy atom. The van der Waals surface area contributed by atoms with Gasteiger partial charge >= 0.3 is 6.18 Å². The summed E-state index contributed by atoms with van der Waals surface area (Å²) in [6, 6.07) is 0. The summed E-state index contributed by atoms with van der Waals surface area (Å²) in [5.41, 5.74) is 3.82. The van der Waals surface area contributed by atoms with Gasteiger partial charge in [0.25, 0.3) is 5.78 Å². The van der Waals surface area contributed by atoms with Gasteiger partial charge < -0.3 is 15.8 Å². The lowest BCUT2D eigenvalue weighted by molar-refractivity contribution is -0.163. The van der Waals surface area contributed by atoms with Crippen LogP contribution in [0.1, 0.15) is 150 Å². The maximum absolute atomic E-state index is 12.9. The molecule has 6 rings (SSSR count). The van der Waals surface area contributed by atoms with Crippen molar-refractivity contribution in [2.45, 2.75) is 172 Å². The fraction of sp³-hybridized carbons (Fsp3) is 0.740. The van der Waals surface area contributed by atoms with Crippen LogP contribution in [0.2, 0.25) is 0 Å².